The monoisotopic (exact) mass is 376 g/mol. The summed E-state index contributed by atoms with van der Waals surface area (Å²) in [5.74, 6) is 0. The van der Waals surface area contributed by atoms with Crippen LogP contribution in [0.15, 0.2) is 0 Å². The smallest absolute Gasteiger partial charge is 0.388 e. The summed E-state index contributed by atoms with van der Waals surface area (Å²) in [5.41, 5.74) is 0. The molecule has 2 rings (SSSR count). The van der Waals surface area contributed by atoms with Gasteiger partial charge in [0.1, 0.15) is 36.6 Å². The Kier molecular flexibility index (Phi) is 6.15. The molecule has 2 saturated heterocycles. The highest BCUT2D eigenvalue weighted by molar-refractivity contribution is 7.80. The minimum absolute atomic E-state index is 0.562. The van der Waals surface area contributed by atoms with Crippen molar-refractivity contribution in [1.29, 1.82) is 0 Å². The predicted molar refractivity (Wildman–Crippen MR) is 71.6 cm³/mol. The van der Waals surface area contributed by atoms with Crippen LogP contribution in [0.1, 0.15) is 6.92 Å². The summed E-state index contributed by atoms with van der Waals surface area (Å²) in [6, 6.07) is 0. The van der Waals surface area contributed by atoms with E-state index in [0.717, 1.165) is 0 Å². The molecule has 0 spiro atoms. The molecule has 6 N–H and O–H groups in total. The highest BCUT2D eigenvalue weighted by Crippen LogP contribution is 2.27. The molecule has 0 aromatic heterocycles. The summed E-state index contributed by atoms with van der Waals surface area (Å²) in [4.78, 5) is 0. The fraction of sp³-hybridized carbons (Fsp3) is 1.00. The normalized spacial score (nSPS) is 47.5. The van der Waals surface area contributed by atoms with E-state index in [4.69, 9.17) is 18.8 Å². The van der Waals surface area contributed by atoms with Gasteiger partial charge in [-0.15, -0.1) is 0 Å². The highest BCUT2D eigenvalue weighted by atomic mass is 32.3. The number of hydrogen-bond acceptors (Lipinski definition) is 11. The van der Waals surface area contributed by atoms with Crippen molar-refractivity contribution in [3.8, 4) is 0 Å². The van der Waals surface area contributed by atoms with E-state index in [9.17, 15) is 34.0 Å². The van der Waals surface area contributed by atoms with Crippen LogP contribution in [0.5, 0.6) is 0 Å². The molecule has 12 nitrogen and oxygen atoms in total. The molecule has 0 unspecified atom stereocenters. The van der Waals surface area contributed by atoms with Gasteiger partial charge in [-0.05, 0) is 6.92 Å². The van der Waals surface area contributed by atoms with Gasteiger partial charge in [-0.3, -0.25) is 4.55 Å². The van der Waals surface area contributed by atoms with Gasteiger partial charge in [-0.1, -0.05) is 0 Å². The lowest BCUT2D eigenvalue weighted by Gasteiger charge is -2.43. The van der Waals surface area contributed by atoms with E-state index in [-0.39, 0.29) is 0 Å². The molecule has 142 valence electrons. The average Bonchev–Trinajstić information content (AvgIpc) is 2.48. The number of ether oxygens (including phenoxy) is 3. The summed E-state index contributed by atoms with van der Waals surface area (Å²) in [6.07, 6.45) is -13.9. The van der Waals surface area contributed by atoms with Crippen LogP contribution < -0.4 is 0 Å². The molecule has 9 atom stereocenters. The van der Waals surface area contributed by atoms with E-state index < -0.39 is 72.3 Å². The molecule has 2 fully saturated rings. The van der Waals surface area contributed by atoms with Crippen molar-refractivity contribution in [2.45, 2.75) is 62.2 Å². The van der Waals surface area contributed by atoms with E-state index in [1.54, 1.807) is 0 Å². The number of rotatable bonds is 4. The standard InChI is InChI=1S/C11H20O12S/c1-3-5(12)7(14)8(15)11(21-3)22-9-6(13)4(2-20-10(9)16)23-24(17,18)19/h3-16H,2H2,1H3,(H,17,18,19)/t3-,4+,5-,6+,7+,8+,9-,10-,11-/m0/s1. The molecule has 0 aliphatic carbocycles. The molecule has 0 amide bonds. The Hall–Kier alpha value is -0.450. The Morgan fingerprint density at radius 2 is 1.62 bits per heavy atom. The summed E-state index contributed by atoms with van der Waals surface area (Å²) >= 11 is 0. The summed E-state index contributed by atoms with van der Waals surface area (Å²) in [5, 5.41) is 48.9. The Morgan fingerprint density at radius 1 is 1.00 bits per heavy atom. The summed E-state index contributed by atoms with van der Waals surface area (Å²) in [6.45, 7) is 0.832. The van der Waals surface area contributed by atoms with E-state index in [1.165, 1.54) is 6.92 Å². The molecule has 0 saturated carbocycles. The second-order valence-corrected chi connectivity index (χ2v) is 6.61. The van der Waals surface area contributed by atoms with Gasteiger partial charge < -0.3 is 39.7 Å². The summed E-state index contributed by atoms with van der Waals surface area (Å²) in [7, 11) is -4.90. The molecule has 0 aromatic carbocycles. The minimum Gasteiger partial charge on any atom is -0.388 e. The SMILES string of the molecule is C[C@@H]1O[C@@H](O[C@H]2[C@H](O)[C@H](OS(=O)(=O)O)CO[C@@H]2O)[C@H](O)[C@H](O)[C@H]1O. The molecule has 0 aromatic rings. The second kappa shape index (κ2) is 7.43. The second-order valence-electron chi connectivity index (χ2n) is 5.56. The molecule has 13 heteroatoms. The lowest BCUT2D eigenvalue weighted by Crippen LogP contribution is -2.62. The molecule has 2 heterocycles. The third kappa shape index (κ3) is 4.39. The zero-order valence-electron chi connectivity index (χ0n) is 12.4. The topological polar surface area (TPSA) is 192 Å². The van der Waals surface area contributed by atoms with Crippen LogP contribution in [0.4, 0.5) is 0 Å². The Bertz CT molecular complexity index is 525. The number of aliphatic hydroxyl groups is 5. The van der Waals surface area contributed by atoms with Crippen molar-refractivity contribution in [3.63, 3.8) is 0 Å². The predicted octanol–water partition coefficient (Wildman–Crippen LogP) is -3.90. The first-order chi connectivity index (χ1) is 11.0. The first-order valence-electron chi connectivity index (χ1n) is 7.00. The van der Waals surface area contributed by atoms with Crippen LogP contribution in [0.25, 0.3) is 0 Å². The molecular formula is C11H20O12S. The lowest BCUT2D eigenvalue weighted by molar-refractivity contribution is -0.347. The van der Waals surface area contributed by atoms with Crippen molar-refractivity contribution < 1.29 is 56.9 Å². The Morgan fingerprint density at radius 3 is 2.21 bits per heavy atom. The maximum atomic E-state index is 10.7. The van der Waals surface area contributed by atoms with Gasteiger partial charge in [0.2, 0.25) is 0 Å². The third-order valence-electron chi connectivity index (χ3n) is 3.77. The van der Waals surface area contributed by atoms with E-state index in [2.05, 4.69) is 4.18 Å². The van der Waals surface area contributed by atoms with E-state index >= 15 is 0 Å². The minimum atomic E-state index is -4.90. The maximum absolute atomic E-state index is 10.7. The first-order valence-corrected chi connectivity index (χ1v) is 8.36. The van der Waals surface area contributed by atoms with Crippen LogP contribution in [0, 0.1) is 0 Å². The van der Waals surface area contributed by atoms with Crippen LogP contribution in [0.2, 0.25) is 0 Å². The fourth-order valence-corrected chi connectivity index (χ4v) is 2.92. The third-order valence-corrected chi connectivity index (χ3v) is 4.27. The van der Waals surface area contributed by atoms with Crippen molar-refractivity contribution in [2.24, 2.45) is 0 Å². The molecular weight excluding hydrogens is 356 g/mol. The Balaban J connectivity index is 2.08. The van der Waals surface area contributed by atoms with Crippen LogP contribution in [-0.2, 0) is 28.8 Å². The van der Waals surface area contributed by atoms with E-state index in [1.807, 2.05) is 0 Å². The molecule has 2 aliphatic heterocycles. The van der Waals surface area contributed by atoms with Gasteiger partial charge in [0.25, 0.3) is 0 Å². The quantitative estimate of drug-likeness (QED) is 0.262. The van der Waals surface area contributed by atoms with Gasteiger partial charge in [-0.2, -0.15) is 8.42 Å². The lowest BCUT2D eigenvalue weighted by atomic mass is 9.99. The van der Waals surface area contributed by atoms with E-state index in [0.29, 0.717) is 0 Å². The molecule has 24 heavy (non-hydrogen) atoms. The van der Waals surface area contributed by atoms with Gasteiger partial charge in [-0.25, -0.2) is 4.18 Å². The van der Waals surface area contributed by atoms with Crippen LogP contribution in [0.3, 0.4) is 0 Å². The zero-order valence-corrected chi connectivity index (χ0v) is 13.3. The van der Waals surface area contributed by atoms with Crippen LogP contribution in [-0.4, -0.2) is 100 Å². The van der Waals surface area contributed by atoms with Gasteiger partial charge in [0, 0.05) is 0 Å². The molecule has 2 aliphatic rings. The van der Waals surface area contributed by atoms with Crippen molar-refractivity contribution in [1.82, 2.24) is 0 Å². The van der Waals surface area contributed by atoms with Crippen molar-refractivity contribution in [3.05, 3.63) is 0 Å². The number of hydrogen-bond donors (Lipinski definition) is 6. The maximum Gasteiger partial charge on any atom is 0.397 e. The van der Waals surface area contributed by atoms with Gasteiger partial charge in [0.15, 0.2) is 12.6 Å². The fourth-order valence-electron chi connectivity index (χ4n) is 2.44. The number of aliphatic hydroxyl groups excluding tert-OH is 5. The first kappa shape index (κ1) is 19.9. The largest absolute Gasteiger partial charge is 0.397 e. The van der Waals surface area contributed by atoms with Crippen molar-refractivity contribution in [2.75, 3.05) is 6.61 Å². The zero-order chi connectivity index (χ0) is 18.2. The highest BCUT2D eigenvalue weighted by Gasteiger charge is 2.48. The molecule has 0 bridgehead atoms. The average molecular weight is 376 g/mol. The van der Waals surface area contributed by atoms with Crippen LogP contribution >= 0.6 is 0 Å². The van der Waals surface area contributed by atoms with Gasteiger partial charge >= 0.3 is 10.4 Å². The summed E-state index contributed by atoms with van der Waals surface area (Å²) < 4.78 is 49.5. The molecule has 0 radical (unpaired) electrons. The van der Waals surface area contributed by atoms with Gasteiger partial charge in [0.05, 0.1) is 12.7 Å². The van der Waals surface area contributed by atoms with Crippen molar-refractivity contribution >= 4 is 10.4 Å². The Labute approximate surface area is 137 Å².